The van der Waals surface area contributed by atoms with Gasteiger partial charge in [0.15, 0.2) is 0 Å². The van der Waals surface area contributed by atoms with E-state index in [4.69, 9.17) is 0 Å². The van der Waals surface area contributed by atoms with Gasteiger partial charge in [-0.2, -0.15) is 0 Å². The molecule has 0 bridgehead atoms. The lowest BCUT2D eigenvalue weighted by molar-refractivity contribution is -0.114. The van der Waals surface area contributed by atoms with Crippen molar-refractivity contribution in [2.45, 2.75) is 39.0 Å². The molecule has 1 amide bonds. The number of nitrogens with one attached hydrogen (secondary N) is 2. The van der Waals surface area contributed by atoms with Gasteiger partial charge in [-0.3, -0.25) is 4.79 Å². The Morgan fingerprint density at radius 1 is 1.19 bits per heavy atom. The fourth-order valence-corrected chi connectivity index (χ4v) is 4.76. The van der Waals surface area contributed by atoms with Gasteiger partial charge in [-0.1, -0.05) is 25.1 Å². The van der Waals surface area contributed by atoms with Gasteiger partial charge in [0.25, 0.3) is 0 Å². The number of hydrogen-bond donors (Lipinski definition) is 2. The average molecular weight is 366 g/mol. The molecule has 0 unspecified atom stereocenters. The van der Waals surface area contributed by atoms with Crippen LogP contribution in [0.4, 0.5) is 11.5 Å². The van der Waals surface area contributed by atoms with Gasteiger partial charge in [0, 0.05) is 10.6 Å². The third-order valence-electron chi connectivity index (χ3n) is 4.84. The van der Waals surface area contributed by atoms with Crippen molar-refractivity contribution in [1.82, 2.24) is 9.97 Å². The van der Waals surface area contributed by atoms with Crippen molar-refractivity contribution in [3.8, 4) is 0 Å². The predicted molar refractivity (Wildman–Crippen MR) is 107 cm³/mol. The number of fused-ring (bicyclic) bond motifs is 3. The Balaban J connectivity index is 1.51. The molecular weight excluding hydrogens is 344 g/mol. The highest BCUT2D eigenvalue weighted by molar-refractivity contribution is 7.19. The molecule has 0 spiro atoms. The predicted octanol–water partition coefficient (Wildman–Crippen LogP) is 4.18. The Kier molecular flexibility index (Phi) is 4.84. The lowest BCUT2D eigenvalue weighted by Gasteiger charge is -2.13. The van der Waals surface area contributed by atoms with Gasteiger partial charge in [0.2, 0.25) is 5.91 Å². The summed E-state index contributed by atoms with van der Waals surface area (Å²) >= 11 is 1.76. The normalized spacial score (nSPS) is 13.4. The molecule has 1 aliphatic carbocycles. The van der Waals surface area contributed by atoms with Crippen LogP contribution in [0.5, 0.6) is 0 Å². The van der Waals surface area contributed by atoms with Gasteiger partial charge >= 0.3 is 0 Å². The van der Waals surface area contributed by atoms with Crippen LogP contribution in [-0.2, 0) is 24.1 Å². The standard InChI is InChI=1S/C20H22N4OS/c1-2-13-7-3-5-9-15(13)24-17(25)11-21-19-18-14-8-4-6-10-16(14)26-20(18)23-12-22-19/h3,5,7,9,12H,2,4,6,8,10-11H2,1H3,(H,24,25)(H,21,22,23). The summed E-state index contributed by atoms with van der Waals surface area (Å²) in [4.78, 5) is 23.7. The van der Waals surface area contributed by atoms with E-state index in [1.165, 1.54) is 23.3 Å². The molecular formula is C20H22N4OS. The molecule has 6 heteroatoms. The first-order valence-electron chi connectivity index (χ1n) is 9.13. The largest absolute Gasteiger partial charge is 0.360 e. The first kappa shape index (κ1) is 17.0. The smallest absolute Gasteiger partial charge is 0.243 e. The number of rotatable bonds is 5. The van der Waals surface area contributed by atoms with E-state index < -0.39 is 0 Å². The Labute approximate surface area is 156 Å². The number of nitrogens with zero attached hydrogens (tertiary/aromatic N) is 2. The van der Waals surface area contributed by atoms with E-state index in [-0.39, 0.29) is 12.5 Å². The third kappa shape index (κ3) is 3.29. The number of para-hydroxylation sites is 1. The molecule has 2 aromatic heterocycles. The summed E-state index contributed by atoms with van der Waals surface area (Å²) in [6.07, 6.45) is 7.13. The van der Waals surface area contributed by atoms with Crippen molar-refractivity contribution in [2.75, 3.05) is 17.2 Å². The number of anilines is 2. The molecule has 5 nitrogen and oxygen atoms in total. The maximum absolute atomic E-state index is 12.4. The van der Waals surface area contributed by atoms with Gasteiger partial charge in [-0.15, -0.1) is 11.3 Å². The summed E-state index contributed by atoms with van der Waals surface area (Å²) < 4.78 is 0. The number of hydrogen-bond acceptors (Lipinski definition) is 5. The molecule has 2 N–H and O–H groups in total. The van der Waals surface area contributed by atoms with Gasteiger partial charge < -0.3 is 10.6 Å². The zero-order valence-corrected chi connectivity index (χ0v) is 15.7. The average Bonchev–Trinajstić information content (AvgIpc) is 3.06. The minimum Gasteiger partial charge on any atom is -0.360 e. The first-order chi connectivity index (χ1) is 12.8. The second kappa shape index (κ2) is 7.41. The van der Waals surface area contributed by atoms with Crippen LogP contribution < -0.4 is 10.6 Å². The minimum absolute atomic E-state index is 0.0678. The van der Waals surface area contributed by atoms with Crippen LogP contribution in [-0.4, -0.2) is 22.4 Å². The van der Waals surface area contributed by atoms with Gasteiger partial charge in [-0.05, 0) is 49.3 Å². The van der Waals surface area contributed by atoms with E-state index in [1.54, 1.807) is 17.7 Å². The Bertz CT molecular complexity index is 950. The fourth-order valence-electron chi connectivity index (χ4n) is 3.53. The number of aromatic nitrogens is 2. The van der Waals surface area contributed by atoms with E-state index >= 15 is 0 Å². The SMILES string of the molecule is CCc1ccccc1NC(=O)CNc1ncnc2sc3c(c12)CCCC3. The number of thiophene rings is 1. The topological polar surface area (TPSA) is 66.9 Å². The highest BCUT2D eigenvalue weighted by atomic mass is 32.1. The quantitative estimate of drug-likeness (QED) is 0.711. The number of amides is 1. The molecule has 3 aromatic rings. The zero-order valence-electron chi connectivity index (χ0n) is 14.8. The highest BCUT2D eigenvalue weighted by Gasteiger charge is 2.20. The maximum atomic E-state index is 12.4. The van der Waals surface area contributed by atoms with Crippen LogP contribution in [0, 0.1) is 0 Å². The summed E-state index contributed by atoms with van der Waals surface area (Å²) in [6.45, 7) is 2.27. The molecule has 0 saturated heterocycles. The molecule has 0 aliphatic heterocycles. The Hall–Kier alpha value is -2.47. The summed E-state index contributed by atoms with van der Waals surface area (Å²) in [5.41, 5.74) is 3.39. The van der Waals surface area contributed by atoms with Gasteiger partial charge in [0.05, 0.1) is 11.9 Å². The molecule has 0 saturated carbocycles. The second-order valence-corrected chi connectivity index (χ2v) is 7.61. The van der Waals surface area contributed by atoms with Crippen molar-refractivity contribution in [3.63, 3.8) is 0 Å². The Morgan fingerprint density at radius 3 is 2.92 bits per heavy atom. The lowest BCUT2D eigenvalue weighted by atomic mass is 9.97. The number of carbonyl (C=O) groups excluding carboxylic acids is 1. The van der Waals surface area contributed by atoms with Crippen LogP contribution in [0.25, 0.3) is 10.2 Å². The monoisotopic (exact) mass is 366 g/mol. The number of carbonyl (C=O) groups is 1. The molecule has 0 radical (unpaired) electrons. The summed E-state index contributed by atoms with van der Waals surface area (Å²) in [6, 6.07) is 7.90. The second-order valence-electron chi connectivity index (χ2n) is 6.53. The first-order valence-corrected chi connectivity index (χ1v) is 9.94. The number of aryl methyl sites for hydroxylation is 3. The highest BCUT2D eigenvalue weighted by Crippen LogP contribution is 2.38. The molecule has 1 aromatic carbocycles. The van der Waals surface area contributed by atoms with E-state index in [0.29, 0.717) is 0 Å². The van der Waals surface area contributed by atoms with Crippen molar-refractivity contribution >= 4 is 39.0 Å². The van der Waals surface area contributed by atoms with Crippen LogP contribution in [0.2, 0.25) is 0 Å². The lowest BCUT2D eigenvalue weighted by Crippen LogP contribution is -2.23. The van der Waals surface area contributed by atoms with Crippen LogP contribution in [0.15, 0.2) is 30.6 Å². The fraction of sp³-hybridized carbons (Fsp3) is 0.350. The molecule has 0 fully saturated rings. The summed E-state index contributed by atoms with van der Waals surface area (Å²) in [5, 5.41) is 7.32. The van der Waals surface area contributed by atoms with Crippen LogP contribution >= 0.6 is 11.3 Å². The summed E-state index contributed by atoms with van der Waals surface area (Å²) in [7, 11) is 0. The molecule has 134 valence electrons. The van der Waals surface area contributed by atoms with Crippen molar-refractivity contribution < 1.29 is 4.79 Å². The minimum atomic E-state index is -0.0678. The Morgan fingerprint density at radius 2 is 2.04 bits per heavy atom. The van der Waals surface area contributed by atoms with Gasteiger partial charge in [-0.25, -0.2) is 9.97 Å². The van der Waals surface area contributed by atoms with E-state index in [2.05, 4.69) is 27.5 Å². The molecule has 4 rings (SSSR count). The zero-order chi connectivity index (χ0) is 17.9. The van der Waals surface area contributed by atoms with Crippen LogP contribution in [0.1, 0.15) is 35.8 Å². The molecule has 0 atom stereocenters. The number of benzene rings is 1. The van der Waals surface area contributed by atoms with Gasteiger partial charge in [0.1, 0.15) is 17.0 Å². The third-order valence-corrected chi connectivity index (χ3v) is 6.04. The van der Waals surface area contributed by atoms with E-state index in [1.807, 2.05) is 24.3 Å². The van der Waals surface area contributed by atoms with E-state index in [9.17, 15) is 4.79 Å². The molecule has 1 aliphatic rings. The molecule has 26 heavy (non-hydrogen) atoms. The van der Waals surface area contributed by atoms with Crippen molar-refractivity contribution in [3.05, 3.63) is 46.6 Å². The van der Waals surface area contributed by atoms with Crippen molar-refractivity contribution in [2.24, 2.45) is 0 Å². The van der Waals surface area contributed by atoms with E-state index in [0.717, 1.165) is 46.5 Å². The maximum Gasteiger partial charge on any atom is 0.243 e. The summed E-state index contributed by atoms with van der Waals surface area (Å²) in [5.74, 6) is 0.704. The molecule has 2 heterocycles. The van der Waals surface area contributed by atoms with Crippen molar-refractivity contribution in [1.29, 1.82) is 0 Å². The van der Waals surface area contributed by atoms with Crippen LogP contribution in [0.3, 0.4) is 0 Å².